The van der Waals surface area contributed by atoms with E-state index in [1.807, 2.05) is 0 Å². The van der Waals surface area contributed by atoms with Gasteiger partial charge in [0.2, 0.25) is 15.9 Å². The number of hydrogen-bond acceptors (Lipinski definition) is 3. The van der Waals surface area contributed by atoms with Gasteiger partial charge in [0.15, 0.2) is 0 Å². The van der Waals surface area contributed by atoms with Crippen molar-refractivity contribution in [2.24, 2.45) is 0 Å². The molecule has 8 heteroatoms. The highest BCUT2D eigenvalue weighted by atomic mass is 35.5. The van der Waals surface area contributed by atoms with Crippen molar-refractivity contribution >= 4 is 27.5 Å². The molecule has 1 amide bonds. The third kappa shape index (κ3) is 5.44. The van der Waals surface area contributed by atoms with Gasteiger partial charge in [0.05, 0.1) is 9.92 Å². The number of benzene rings is 1. The molecule has 128 valence electrons. The van der Waals surface area contributed by atoms with E-state index in [-0.39, 0.29) is 34.8 Å². The molecule has 1 aromatic carbocycles. The average molecular weight is 363 g/mol. The molecule has 0 saturated heterocycles. The smallest absolute Gasteiger partial charge is 0.240 e. The topological polar surface area (TPSA) is 75.3 Å². The lowest BCUT2D eigenvalue weighted by Crippen LogP contribution is -2.38. The minimum Gasteiger partial charge on any atom is -0.353 e. The number of halogens is 2. The summed E-state index contributed by atoms with van der Waals surface area (Å²) in [6.07, 6.45) is 5.44. The molecule has 23 heavy (non-hydrogen) atoms. The van der Waals surface area contributed by atoms with Crippen molar-refractivity contribution in [1.82, 2.24) is 10.0 Å². The maximum absolute atomic E-state index is 13.1. The molecule has 0 heterocycles. The second-order valence-corrected chi connectivity index (χ2v) is 7.80. The molecule has 2 rings (SSSR count). The monoisotopic (exact) mass is 362 g/mol. The van der Waals surface area contributed by atoms with Crippen LogP contribution in [-0.2, 0) is 14.8 Å². The Balaban J connectivity index is 1.82. The Labute approximate surface area is 140 Å². The number of carbonyl (C=O) groups excluding carboxylic acids is 1. The van der Waals surface area contributed by atoms with E-state index in [9.17, 15) is 17.6 Å². The van der Waals surface area contributed by atoms with E-state index >= 15 is 0 Å². The van der Waals surface area contributed by atoms with Crippen molar-refractivity contribution in [3.63, 3.8) is 0 Å². The second-order valence-electron chi connectivity index (χ2n) is 5.63. The van der Waals surface area contributed by atoms with E-state index in [1.165, 1.54) is 6.42 Å². The molecular formula is C15H20ClFN2O3S. The molecule has 1 aliphatic carbocycles. The van der Waals surface area contributed by atoms with Crippen LogP contribution in [0.1, 0.15) is 38.5 Å². The number of amides is 1. The average Bonchev–Trinajstić information content (AvgIpc) is 2.50. The summed E-state index contributed by atoms with van der Waals surface area (Å²) < 4.78 is 39.5. The summed E-state index contributed by atoms with van der Waals surface area (Å²) in [6.45, 7) is -0.0180. The van der Waals surface area contributed by atoms with Gasteiger partial charge in [-0.3, -0.25) is 4.79 Å². The third-order valence-corrected chi connectivity index (χ3v) is 5.56. The van der Waals surface area contributed by atoms with Gasteiger partial charge in [-0.25, -0.2) is 17.5 Å². The number of rotatable bonds is 6. The molecule has 0 aromatic heterocycles. The Morgan fingerprint density at radius 1 is 1.26 bits per heavy atom. The van der Waals surface area contributed by atoms with Crippen LogP contribution >= 0.6 is 11.6 Å². The van der Waals surface area contributed by atoms with E-state index in [0.29, 0.717) is 0 Å². The zero-order valence-electron chi connectivity index (χ0n) is 12.6. The van der Waals surface area contributed by atoms with Gasteiger partial charge < -0.3 is 5.32 Å². The van der Waals surface area contributed by atoms with Crippen molar-refractivity contribution in [3.8, 4) is 0 Å². The van der Waals surface area contributed by atoms with Crippen LogP contribution in [-0.4, -0.2) is 26.9 Å². The predicted octanol–water partition coefficient (Wildman–Crippen LogP) is 2.60. The predicted molar refractivity (Wildman–Crippen MR) is 86.2 cm³/mol. The van der Waals surface area contributed by atoms with Gasteiger partial charge >= 0.3 is 0 Å². The number of hydrogen-bond donors (Lipinski definition) is 2. The van der Waals surface area contributed by atoms with E-state index in [1.54, 1.807) is 0 Å². The molecule has 5 nitrogen and oxygen atoms in total. The van der Waals surface area contributed by atoms with Crippen LogP contribution in [0, 0.1) is 5.82 Å². The number of nitrogens with one attached hydrogen (secondary N) is 2. The largest absolute Gasteiger partial charge is 0.353 e. The molecule has 0 atom stereocenters. The molecule has 2 N–H and O–H groups in total. The van der Waals surface area contributed by atoms with Crippen molar-refractivity contribution in [2.45, 2.75) is 49.5 Å². The lowest BCUT2D eigenvalue weighted by Gasteiger charge is -2.22. The lowest BCUT2D eigenvalue weighted by molar-refractivity contribution is -0.121. The first-order chi connectivity index (χ1) is 10.9. The summed E-state index contributed by atoms with van der Waals surface area (Å²) >= 11 is 5.58. The van der Waals surface area contributed by atoms with Gasteiger partial charge in [-0.05, 0) is 31.0 Å². The summed E-state index contributed by atoms with van der Waals surface area (Å²) in [6, 6.07) is 3.36. The van der Waals surface area contributed by atoms with Crippen LogP contribution in [0.25, 0.3) is 0 Å². The highest BCUT2D eigenvalue weighted by Gasteiger charge is 2.18. The fraction of sp³-hybridized carbons (Fsp3) is 0.533. The van der Waals surface area contributed by atoms with Gasteiger partial charge in [-0.2, -0.15) is 0 Å². The van der Waals surface area contributed by atoms with Gasteiger partial charge in [-0.15, -0.1) is 0 Å². The minimum atomic E-state index is -3.81. The summed E-state index contributed by atoms with van der Waals surface area (Å²) in [5, 5.41) is 2.66. The Morgan fingerprint density at radius 2 is 1.96 bits per heavy atom. The Kier molecular flexibility index (Phi) is 6.38. The molecule has 0 bridgehead atoms. The van der Waals surface area contributed by atoms with Crippen molar-refractivity contribution < 1.29 is 17.6 Å². The van der Waals surface area contributed by atoms with Crippen molar-refractivity contribution in [3.05, 3.63) is 29.0 Å². The van der Waals surface area contributed by atoms with E-state index in [2.05, 4.69) is 10.0 Å². The van der Waals surface area contributed by atoms with Crippen molar-refractivity contribution in [1.29, 1.82) is 0 Å². The first kappa shape index (κ1) is 18.2. The maximum Gasteiger partial charge on any atom is 0.240 e. The standard InChI is InChI=1S/C15H20ClFN2O3S/c16-13-10-12(6-7-14(13)17)23(21,22)18-9-8-15(20)19-11-4-2-1-3-5-11/h6-7,10-11,18H,1-5,8-9H2,(H,19,20). The molecule has 1 fully saturated rings. The fourth-order valence-electron chi connectivity index (χ4n) is 2.57. The van der Waals surface area contributed by atoms with E-state index in [4.69, 9.17) is 11.6 Å². The summed E-state index contributed by atoms with van der Waals surface area (Å²) in [4.78, 5) is 11.7. The molecular weight excluding hydrogens is 343 g/mol. The van der Waals surface area contributed by atoms with E-state index in [0.717, 1.165) is 43.9 Å². The van der Waals surface area contributed by atoms with Crippen molar-refractivity contribution in [2.75, 3.05) is 6.54 Å². The molecule has 1 aromatic rings. The third-order valence-electron chi connectivity index (χ3n) is 3.82. The summed E-state index contributed by atoms with van der Waals surface area (Å²) in [5.74, 6) is -0.853. The van der Waals surface area contributed by atoms with Crippen LogP contribution in [0.15, 0.2) is 23.1 Å². The second kappa shape index (κ2) is 8.08. The molecule has 1 saturated carbocycles. The Morgan fingerprint density at radius 3 is 2.61 bits per heavy atom. The number of carbonyl (C=O) groups is 1. The fourth-order valence-corrected chi connectivity index (χ4v) is 3.88. The van der Waals surface area contributed by atoms with Crippen LogP contribution in [0.3, 0.4) is 0 Å². The lowest BCUT2D eigenvalue weighted by atomic mass is 9.95. The van der Waals surface area contributed by atoms with Crippen LogP contribution in [0.4, 0.5) is 4.39 Å². The minimum absolute atomic E-state index is 0.0180. The van der Waals surface area contributed by atoms with Crippen LogP contribution in [0.2, 0.25) is 5.02 Å². The van der Waals surface area contributed by atoms with Gasteiger partial charge in [0, 0.05) is 19.0 Å². The first-order valence-corrected chi connectivity index (χ1v) is 9.49. The molecule has 0 aliphatic heterocycles. The van der Waals surface area contributed by atoms with Gasteiger partial charge in [0.25, 0.3) is 0 Å². The zero-order chi connectivity index (χ0) is 16.9. The normalized spacial score (nSPS) is 16.3. The van der Waals surface area contributed by atoms with Crippen LogP contribution in [0.5, 0.6) is 0 Å². The molecule has 0 spiro atoms. The number of sulfonamides is 1. The van der Waals surface area contributed by atoms with Gasteiger partial charge in [0.1, 0.15) is 5.82 Å². The maximum atomic E-state index is 13.1. The van der Waals surface area contributed by atoms with Crippen LogP contribution < -0.4 is 10.0 Å². The Bertz CT molecular complexity index is 661. The summed E-state index contributed by atoms with van der Waals surface area (Å²) in [5.41, 5.74) is 0. The molecule has 0 radical (unpaired) electrons. The molecule has 1 aliphatic rings. The highest BCUT2D eigenvalue weighted by molar-refractivity contribution is 7.89. The summed E-state index contributed by atoms with van der Waals surface area (Å²) in [7, 11) is -3.81. The van der Waals surface area contributed by atoms with Gasteiger partial charge in [-0.1, -0.05) is 30.9 Å². The molecule has 0 unspecified atom stereocenters. The first-order valence-electron chi connectivity index (χ1n) is 7.62. The zero-order valence-corrected chi connectivity index (χ0v) is 14.2. The quantitative estimate of drug-likeness (QED) is 0.816. The van der Waals surface area contributed by atoms with E-state index < -0.39 is 15.8 Å². The Hall–Kier alpha value is -1.18. The highest BCUT2D eigenvalue weighted by Crippen LogP contribution is 2.19. The SMILES string of the molecule is O=C(CCNS(=O)(=O)c1ccc(F)c(Cl)c1)NC1CCCCC1.